The van der Waals surface area contributed by atoms with E-state index in [2.05, 4.69) is 53.2 Å². The maximum absolute atomic E-state index is 5.91. The average Bonchev–Trinajstić information content (AvgIpc) is 2.46. The van der Waals surface area contributed by atoms with Crippen molar-refractivity contribution in [1.82, 2.24) is 0 Å². The van der Waals surface area contributed by atoms with Crippen LogP contribution in [-0.2, 0) is 12.2 Å². The summed E-state index contributed by atoms with van der Waals surface area (Å²) in [5, 5.41) is 1.67. The molecule has 2 nitrogen and oxygen atoms in total. The van der Waals surface area contributed by atoms with E-state index < -0.39 is 0 Å². The van der Waals surface area contributed by atoms with Gasteiger partial charge < -0.3 is 5.01 Å². The third-order valence-corrected chi connectivity index (χ3v) is 5.29. The molecule has 20 heavy (non-hydrogen) atoms. The van der Waals surface area contributed by atoms with Gasteiger partial charge in [-0.25, -0.2) is 5.84 Å². The number of thioether (sulfide) groups is 1. The molecule has 0 atom stereocenters. The Bertz CT molecular complexity index is 584. The number of rotatable bonds is 5. The van der Waals surface area contributed by atoms with Gasteiger partial charge in [-0.3, -0.25) is 0 Å². The molecule has 0 unspecified atom stereocenters. The van der Waals surface area contributed by atoms with E-state index in [9.17, 15) is 0 Å². The number of hydrazine groups is 1. The van der Waals surface area contributed by atoms with Gasteiger partial charge in [0.1, 0.15) is 0 Å². The van der Waals surface area contributed by atoms with Crippen LogP contribution in [0.2, 0.25) is 0 Å². The molecular weight excluding hydrogens is 332 g/mol. The molecule has 0 spiro atoms. The molecule has 0 fully saturated rings. The monoisotopic (exact) mass is 350 g/mol. The van der Waals surface area contributed by atoms with Crippen molar-refractivity contribution in [3.8, 4) is 0 Å². The Hall–Kier alpha value is -0.970. The molecule has 106 valence electrons. The van der Waals surface area contributed by atoms with E-state index in [4.69, 9.17) is 5.84 Å². The minimum Gasteiger partial charge on any atom is -0.313 e. The quantitative estimate of drug-likeness (QED) is 0.484. The van der Waals surface area contributed by atoms with Gasteiger partial charge in [0, 0.05) is 22.2 Å². The molecular formula is C16H19BrN2S. The van der Waals surface area contributed by atoms with E-state index >= 15 is 0 Å². The Morgan fingerprint density at radius 2 is 1.80 bits per heavy atom. The van der Waals surface area contributed by atoms with Crippen molar-refractivity contribution in [3.05, 3.63) is 58.1 Å². The van der Waals surface area contributed by atoms with Gasteiger partial charge in [0.2, 0.25) is 0 Å². The third-order valence-electron chi connectivity index (χ3n) is 3.20. The van der Waals surface area contributed by atoms with Gasteiger partial charge in [-0.15, -0.1) is 11.8 Å². The molecule has 0 saturated heterocycles. The van der Waals surface area contributed by atoms with Crippen LogP contribution >= 0.6 is 27.7 Å². The maximum atomic E-state index is 5.91. The van der Waals surface area contributed by atoms with Gasteiger partial charge in [0.05, 0.1) is 5.69 Å². The molecule has 2 aromatic rings. The number of benzene rings is 2. The van der Waals surface area contributed by atoms with E-state index in [1.807, 2.05) is 30.9 Å². The van der Waals surface area contributed by atoms with Crippen molar-refractivity contribution >= 4 is 33.4 Å². The first-order valence-electron chi connectivity index (χ1n) is 6.60. The molecule has 0 aliphatic carbocycles. The lowest BCUT2D eigenvalue weighted by atomic mass is 10.1. The molecule has 2 rings (SSSR count). The fourth-order valence-corrected chi connectivity index (χ4v) is 3.96. The smallest absolute Gasteiger partial charge is 0.0661 e. The zero-order valence-corrected chi connectivity index (χ0v) is 14.2. The number of aryl methyl sites for hydroxylation is 1. The SMILES string of the molecule is CCc1ccccc1CSc1c(Br)cccc1N(C)N. The third kappa shape index (κ3) is 3.57. The average molecular weight is 351 g/mol. The van der Waals surface area contributed by atoms with E-state index in [0.29, 0.717) is 0 Å². The second-order valence-electron chi connectivity index (χ2n) is 4.61. The minimum atomic E-state index is 0.952. The molecule has 4 heteroatoms. The molecule has 2 N–H and O–H groups in total. The molecule has 0 saturated carbocycles. The van der Waals surface area contributed by atoms with E-state index in [-0.39, 0.29) is 0 Å². The number of hydrogen-bond donors (Lipinski definition) is 1. The van der Waals surface area contributed by atoms with Gasteiger partial charge in [0.15, 0.2) is 0 Å². The van der Waals surface area contributed by atoms with Gasteiger partial charge >= 0.3 is 0 Å². The Morgan fingerprint density at radius 3 is 2.45 bits per heavy atom. The van der Waals surface area contributed by atoms with Crippen molar-refractivity contribution < 1.29 is 0 Å². The highest BCUT2D eigenvalue weighted by Gasteiger charge is 2.10. The van der Waals surface area contributed by atoms with Crippen LogP contribution in [0.5, 0.6) is 0 Å². The lowest BCUT2D eigenvalue weighted by Gasteiger charge is -2.18. The maximum Gasteiger partial charge on any atom is 0.0661 e. The summed E-state index contributed by atoms with van der Waals surface area (Å²) >= 11 is 5.44. The summed E-state index contributed by atoms with van der Waals surface area (Å²) in [6.45, 7) is 2.20. The van der Waals surface area contributed by atoms with Crippen molar-refractivity contribution in [2.24, 2.45) is 5.84 Å². The summed E-state index contributed by atoms with van der Waals surface area (Å²) in [5.41, 5.74) is 3.84. The zero-order valence-electron chi connectivity index (χ0n) is 11.8. The molecule has 0 amide bonds. The fraction of sp³-hybridized carbons (Fsp3) is 0.250. The Kier molecular flexibility index (Phi) is 5.52. The molecule has 0 aliphatic rings. The molecule has 0 aromatic heterocycles. The summed E-state index contributed by atoms with van der Waals surface area (Å²) in [5.74, 6) is 6.86. The molecule has 0 bridgehead atoms. The van der Waals surface area contributed by atoms with Gasteiger partial charge in [-0.2, -0.15) is 0 Å². The summed E-state index contributed by atoms with van der Waals surface area (Å²) in [6.07, 6.45) is 1.07. The first-order chi connectivity index (χ1) is 9.63. The van der Waals surface area contributed by atoms with Crippen LogP contribution in [0.15, 0.2) is 51.8 Å². The number of nitrogens with zero attached hydrogens (tertiary/aromatic N) is 1. The predicted octanol–water partition coefficient (Wildman–Crippen LogP) is 4.61. The van der Waals surface area contributed by atoms with Crippen LogP contribution in [0.4, 0.5) is 5.69 Å². The highest BCUT2D eigenvalue weighted by Crippen LogP contribution is 2.37. The van der Waals surface area contributed by atoms with E-state index in [1.54, 1.807) is 5.01 Å². The topological polar surface area (TPSA) is 29.3 Å². The predicted molar refractivity (Wildman–Crippen MR) is 92.1 cm³/mol. The number of halogens is 1. The van der Waals surface area contributed by atoms with Crippen LogP contribution in [0, 0.1) is 0 Å². The second kappa shape index (κ2) is 7.16. The van der Waals surface area contributed by atoms with Gasteiger partial charge in [-0.05, 0) is 45.6 Å². The standard InChI is InChI=1S/C16H19BrN2S/c1-3-12-7-4-5-8-13(12)11-20-16-14(17)9-6-10-15(16)19(2)18/h4-10H,3,11,18H2,1-2H3. The number of hydrogen-bond acceptors (Lipinski definition) is 3. The Morgan fingerprint density at radius 1 is 1.10 bits per heavy atom. The summed E-state index contributed by atoms with van der Waals surface area (Å²) in [6, 6.07) is 14.7. The summed E-state index contributed by atoms with van der Waals surface area (Å²) < 4.78 is 1.09. The molecule has 0 heterocycles. The highest BCUT2D eigenvalue weighted by molar-refractivity contribution is 9.10. The molecule has 0 aliphatic heterocycles. The lowest BCUT2D eigenvalue weighted by molar-refractivity contribution is 0.993. The van der Waals surface area contributed by atoms with Crippen molar-refractivity contribution in [1.29, 1.82) is 0 Å². The summed E-state index contributed by atoms with van der Waals surface area (Å²) in [4.78, 5) is 1.18. The van der Waals surface area contributed by atoms with E-state index in [1.165, 1.54) is 16.0 Å². The highest BCUT2D eigenvalue weighted by atomic mass is 79.9. The first kappa shape index (κ1) is 15.4. The summed E-state index contributed by atoms with van der Waals surface area (Å²) in [7, 11) is 1.87. The van der Waals surface area contributed by atoms with Crippen molar-refractivity contribution in [2.45, 2.75) is 24.0 Å². The van der Waals surface area contributed by atoms with Crippen LogP contribution in [-0.4, -0.2) is 7.05 Å². The zero-order chi connectivity index (χ0) is 14.5. The van der Waals surface area contributed by atoms with E-state index in [0.717, 1.165) is 22.3 Å². The molecule has 0 radical (unpaired) electrons. The molecule has 2 aromatic carbocycles. The number of anilines is 1. The second-order valence-corrected chi connectivity index (χ2v) is 6.45. The van der Waals surface area contributed by atoms with Crippen LogP contribution in [0.1, 0.15) is 18.1 Å². The van der Waals surface area contributed by atoms with Gasteiger partial charge in [0.25, 0.3) is 0 Å². The Labute approximate surface area is 133 Å². The largest absolute Gasteiger partial charge is 0.313 e. The first-order valence-corrected chi connectivity index (χ1v) is 8.37. The lowest BCUT2D eigenvalue weighted by Crippen LogP contribution is -2.25. The number of nitrogens with two attached hydrogens (primary N) is 1. The van der Waals surface area contributed by atoms with Crippen LogP contribution in [0.3, 0.4) is 0 Å². The fourth-order valence-electron chi connectivity index (χ4n) is 2.11. The minimum absolute atomic E-state index is 0.952. The Balaban J connectivity index is 2.23. The van der Waals surface area contributed by atoms with Gasteiger partial charge in [-0.1, -0.05) is 37.3 Å². The normalized spacial score (nSPS) is 10.6. The van der Waals surface area contributed by atoms with Crippen LogP contribution < -0.4 is 10.9 Å². The van der Waals surface area contributed by atoms with Crippen molar-refractivity contribution in [3.63, 3.8) is 0 Å². The van der Waals surface area contributed by atoms with Crippen molar-refractivity contribution in [2.75, 3.05) is 12.1 Å². The van der Waals surface area contributed by atoms with Crippen LogP contribution in [0.25, 0.3) is 0 Å².